The molecule has 1 aliphatic rings. The number of aromatic nitrogens is 4. The zero-order chi connectivity index (χ0) is 20.9. The van der Waals surface area contributed by atoms with Crippen molar-refractivity contribution in [2.45, 2.75) is 36.2 Å². The quantitative estimate of drug-likeness (QED) is 0.584. The van der Waals surface area contributed by atoms with E-state index in [-0.39, 0.29) is 5.91 Å². The molecule has 154 valence electrons. The normalized spacial score (nSPS) is 17.0. The number of tetrazole rings is 1. The first-order chi connectivity index (χ1) is 14.6. The molecular formula is C21H20FN5O2S. The van der Waals surface area contributed by atoms with Crippen LogP contribution in [0.1, 0.15) is 35.2 Å². The number of hydrogen-bond acceptors (Lipinski definition) is 6. The van der Waals surface area contributed by atoms with Crippen LogP contribution < -0.4 is 0 Å². The molecule has 0 radical (unpaired) electrons. The van der Waals surface area contributed by atoms with E-state index in [0.717, 1.165) is 18.4 Å². The van der Waals surface area contributed by atoms with Gasteiger partial charge in [0, 0.05) is 12.1 Å². The summed E-state index contributed by atoms with van der Waals surface area (Å²) >= 11 is 1.28. The molecule has 1 aromatic heterocycles. The standard InChI is InChI=1S/C21H20FN5O2S/c22-17-11-9-16(10-12-17)19(28)26-13-5-4-8-18(20(26)29)30-21-23-24-25-27(21)14-15-6-2-1-3-7-15/h1-3,6-7,9-12,18H,4-5,8,13-14H2/t18-/m0/s1. The van der Waals surface area contributed by atoms with Gasteiger partial charge < -0.3 is 0 Å². The fourth-order valence-electron chi connectivity index (χ4n) is 3.33. The van der Waals surface area contributed by atoms with Crippen molar-refractivity contribution in [3.8, 4) is 0 Å². The summed E-state index contributed by atoms with van der Waals surface area (Å²) in [5.74, 6) is -1.09. The Morgan fingerprint density at radius 2 is 1.87 bits per heavy atom. The number of nitrogens with zero attached hydrogens (tertiary/aromatic N) is 5. The van der Waals surface area contributed by atoms with Crippen LogP contribution in [0.5, 0.6) is 0 Å². The monoisotopic (exact) mass is 425 g/mol. The number of halogens is 1. The predicted octanol–water partition coefficient (Wildman–Crippen LogP) is 3.17. The van der Waals surface area contributed by atoms with Crippen molar-refractivity contribution in [3.63, 3.8) is 0 Å². The number of thioether (sulfide) groups is 1. The maximum absolute atomic E-state index is 13.2. The van der Waals surface area contributed by atoms with Crippen molar-refractivity contribution >= 4 is 23.6 Å². The first-order valence-electron chi connectivity index (χ1n) is 9.70. The van der Waals surface area contributed by atoms with Gasteiger partial charge in [0.1, 0.15) is 5.82 Å². The van der Waals surface area contributed by atoms with E-state index in [4.69, 9.17) is 0 Å². The largest absolute Gasteiger partial charge is 0.278 e. The van der Waals surface area contributed by atoms with Gasteiger partial charge in [-0.05, 0) is 53.1 Å². The summed E-state index contributed by atoms with van der Waals surface area (Å²) in [5.41, 5.74) is 1.34. The molecule has 1 aliphatic heterocycles. The van der Waals surface area contributed by atoms with Gasteiger partial charge >= 0.3 is 0 Å². The molecule has 0 saturated carbocycles. The molecule has 1 fully saturated rings. The Labute approximate surface area is 177 Å². The zero-order valence-corrected chi connectivity index (χ0v) is 17.0. The Balaban J connectivity index is 1.50. The summed E-state index contributed by atoms with van der Waals surface area (Å²) in [7, 11) is 0. The number of carbonyl (C=O) groups excluding carboxylic acids is 2. The SMILES string of the molecule is O=C(c1ccc(F)cc1)N1CCCC[C@H](Sc2nnnn2Cc2ccccc2)C1=O. The first kappa shape index (κ1) is 20.2. The van der Waals surface area contributed by atoms with Crippen LogP contribution in [0.15, 0.2) is 59.8 Å². The molecule has 2 amide bonds. The lowest BCUT2D eigenvalue weighted by Crippen LogP contribution is -2.41. The van der Waals surface area contributed by atoms with E-state index < -0.39 is 17.0 Å². The van der Waals surface area contributed by atoms with E-state index in [0.29, 0.717) is 30.2 Å². The van der Waals surface area contributed by atoms with Crippen LogP contribution >= 0.6 is 11.8 Å². The molecule has 0 bridgehead atoms. The molecule has 2 aromatic carbocycles. The summed E-state index contributed by atoms with van der Waals surface area (Å²) in [6.07, 6.45) is 2.18. The molecule has 0 spiro atoms. The van der Waals surface area contributed by atoms with Crippen molar-refractivity contribution in [2.75, 3.05) is 6.54 Å². The van der Waals surface area contributed by atoms with Gasteiger partial charge in [-0.1, -0.05) is 48.5 Å². The van der Waals surface area contributed by atoms with Crippen LogP contribution in [0.4, 0.5) is 4.39 Å². The molecule has 30 heavy (non-hydrogen) atoms. The van der Waals surface area contributed by atoms with Crippen molar-refractivity contribution in [2.24, 2.45) is 0 Å². The fraction of sp³-hybridized carbons (Fsp3) is 0.286. The molecule has 1 atom stereocenters. The number of carbonyl (C=O) groups is 2. The van der Waals surface area contributed by atoms with E-state index in [2.05, 4.69) is 15.5 Å². The van der Waals surface area contributed by atoms with E-state index in [1.807, 2.05) is 30.3 Å². The summed E-state index contributed by atoms with van der Waals surface area (Å²) < 4.78 is 14.8. The number of hydrogen-bond donors (Lipinski definition) is 0. The summed E-state index contributed by atoms with van der Waals surface area (Å²) in [6, 6.07) is 15.0. The summed E-state index contributed by atoms with van der Waals surface area (Å²) in [6.45, 7) is 0.844. The van der Waals surface area contributed by atoms with Crippen LogP contribution in [-0.2, 0) is 11.3 Å². The molecule has 2 heterocycles. The average Bonchev–Trinajstić information content (AvgIpc) is 3.11. The third-order valence-corrected chi connectivity index (χ3v) is 6.12. The van der Waals surface area contributed by atoms with Gasteiger partial charge in [-0.25, -0.2) is 9.07 Å². The highest BCUT2D eigenvalue weighted by atomic mass is 32.2. The van der Waals surface area contributed by atoms with Gasteiger partial charge in [0.2, 0.25) is 11.1 Å². The van der Waals surface area contributed by atoms with Crippen LogP contribution in [0.3, 0.4) is 0 Å². The number of imide groups is 1. The summed E-state index contributed by atoms with van der Waals surface area (Å²) in [5, 5.41) is 12.0. The van der Waals surface area contributed by atoms with E-state index >= 15 is 0 Å². The van der Waals surface area contributed by atoms with Gasteiger partial charge in [-0.15, -0.1) is 5.10 Å². The first-order valence-corrected chi connectivity index (χ1v) is 10.6. The molecule has 4 rings (SSSR count). The van der Waals surface area contributed by atoms with Gasteiger partial charge in [0.15, 0.2) is 0 Å². The molecule has 7 nitrogen and oxygen atoms in total. The van der Waals surface area contributed by atoms with Gasteiger partial charge in [-0.2, -0.15) is 0 Å². The minimum atomic E-state index is -0.461. The second-order valence-corrected chi connectivity index (χ2v) is 8.18. The second kappa shape index (κ2) is 9.17. The predicted molar refractivity (Wildman–Crippen MR) is 109 cm³/mol. The fourth-order valence-corrected chi connectivity index (χ4v) is 4.40. The van der Waals surface area contributed by atoms with Crippen LogP contribution in [-0.4, -0.2) is 48.7 Å². The third-order valence-electron chi connectivity index (χ3n) is 4.90. The van der Waals surface area contributed by atoms with E-state index in [9.17, 15) is 14.0 Å². The Kier molecular flexibility index (Phi) is 6.18. The second-order valence-electron chi connectivity index (χ2n) is 7.01. The lowest BCUT2D eigenvalue weighted by molar-refractivity contribution is -0.127. The van der Waals surface area contributed by atoms with E-state index in [1.165, 1.54) is 40.9 Å². The Hall–Kier alpha value is -3.07. The van der Waals surface area contributed by atoms with Crippen molar-refractivity contribution in [1.82, 2.24) is 25.1 Å². The maximum atomic E-state index is 13.2. The zero-order valence-electron chi connectivity index (χ0n) is 16.1. The highest BCUT2D eigenvalue weighted by Crippen LogP contribution is 2.29. The van der Waals surface area contributed by atoms with Crippen LogP contribution in [0.2, 0.25) is 0 Å². The summed E-state index contributed by atoms with van der Waals surface area (Å²) in [4.78, 5) is 27.3. The van der Waals surface area contributed by atoms with Gasteiger partial charge in [0.05, 0.1) is 11.8 Å². The smallest absolute Gasteiger partial charge is 0.260 e. The Morgan fingerprint density at radius 1 is 1.10 bits per heavy atom. The van der Waals surface area contributed by atoms with Crippen LogP contribution in [0.25, 0.3) is 0 Å². The van der Waals surface area contributed by atoms with Crippen molar-refractivity contribution in [3.05, 3.63) is 71.5 Å². The number of likely N-dealkylation sites (tertiary alicyclic amines) is 1. The highest BCUT2D eigenvalue weighted by Gasteiger charge is 2.33. The molecule has 0 aliphatic carbocycles. The average molecular weight is 425 g/mol. The minimum absolute atomic E-state index is 0.263. The maximum Gasteiger partial charge on any atom is 0.260 e. The van der Waals surface area contributed by atoms with Gasteiger partial charge in [0.25, 0.3) is 5.91 Å². The molecule has 0 unspecified atom stereocenters. The Bertz CT molecular complexity index is 1030. The molecular weight excluding hydrogens is 405 g/mol. The van der Waals surface area contributed by atoms with Crippen LogP contribution in [0, 0.1) is 5.82 Å². The highest BCUT2D eigenvalue weighted by molar-refractivity contribution is 8.00. The molecule has 0 N–H and O–H groups in total. The molecule has 9 heteroatoms. The van der Waals surface area contributed by atoms with Crippen molar-refractivity contribution < 1.29 is 14.0 Å². The lowest BCUT2D eigenvalue weighted by atomic mass is 10.2. The van der Waals surface area contributed by atoms with Gasteiger partial charge in [-0.3, -0.25) is 14.5 Å². The third kappa shape index (κ3) is 4.56. The lowest BCUT2D eigenvalue weighted by Gasteiger charge is -2.22. The Morgan fingerprint density at radius 3 is 2.63 bits per heavy atom. The minimum Gasteiger partial charge on any atom is -0.278 e. The molecule has 3 aromatic rings. The van der Waals surface area contributed by atoms with E-state index in [1.54, 1.807) is 4.68 Å². The van der Waals surface area contributed by atoms with Crippen molar-refractivity contribution in [1.29, 1.82) is 0 Å². The number of rotatable bonds is 5. The molecule has 1 saturated heterocycles. The number of amides is 2. The topological polar surface area (TPSA) is 81.0 Å². The number of benzene rings is 2.